The normalized spacial score (nSPS) is 20.5. The number of hydrogen-bond donors (Lipinski definition) is 1. The molecule has 2 saturated heterocycles. The molecule has 7 nitrogen and oxygen atoms in total. The van der Waals surface area contributed by atoms with Crippen molar-refractivity contribution in [3.63, 3.8) is 0 Å². The second-order valence-electron chi connectivity index (χ2n) is 8.41. The van der Waals surface area contributed by atoms with Gasteiger partial charge in [-0.15, -0.1) is 0 Å². The second kappa shape index (κ2) is 8.29. The summed E-state index contributed by atoms with van der Waals surface area (Å²) in [4.78, 5) is 30.0. The van der Waals surface area contributed by atoms with Gasteiger partial charge in [0.2, 0.25) is 5.91 Å². The molecule has 2 fully saturated rings. The van der Waals surface area contributed by atoms with Gasteiger partial charge in [-0.1, -0.05) is 0 Å². The molecule has 0 saturated carbocycles. The van der Waals surface area contributed by atoms with Crippen LogP contribution in [0, 0.1) is 22.7 Å². The number of alkyl halides is 3. The molecule has 2 aliphatic heterocycles. The summed E-state index contributed by atoms with van der Waals surface area (Å²) in [5, 5.41) is 11.7. The van der Waals surface area contributed by atoms with Crippen molar-refractivity contribution in [2.45, 2.75) is 19.0 Å². The van der Waals surface area contributed by atoms with E-state index in [-0.39, 0.29) is 17.9 Å². The zero-order valence-electron chi connectivity index (χ0n) is 17.8. The number of likely N-dealkylation sites (tertiary alicyclic amines) is 1. The Hall–Kier alpha value is -2.96. The summed E-state index contributed by atoms with van der Waals surface area (Å²) >= 11 is 0. The molecule has 2 aliphatic rings. The lowest BCUT2D eigenvalue weighted by Gasteiger charge is -2.42. The van der Waals surface area contributed by atoms with Gasteiger partial charge >= 0.3 is 12.2 Å². The van der Waals surface area contributed by atoms with Crippen molar-refractivity contribution >= 4 is 17.6 Å². The molecule has 1 aromatic carbocycles. The summed E-state index contributed by atoms with van der Waals surface area (Å²) in [6.45, 7) is 1.67. The maximum Gasteiger partial charge on any atom is 0.417 e. The van der Waals surface area contributed by atoms with E-state index < -0.39 is 22.7 Å². The van der Waals surface area contributed by atoms with Gasteiger partial charge in [-0.2, -0.15) is 18.4 Å². The average molecular weight is 437 g/mol. The second-order valence-corrected chi connectivity index (χ2v) is 8.41. The van der Waals surface area contributed by atoms with Gasteiger partial charge in [0.25, 0.3) is 0 Å². The number of hydrogen-bond acceptors (Lipinski definition) is 4. The molecule has 0 aliphatic carbocycles. The summed E-state index contributed by atoms with van der Waals surface area (Å²) in [6.07, 6.45) is -3.47. The van der Waals surface area contributed by atoms with Gasteiger partial charge in [0.1, 0.15) is 0 Å². The minimum absolute atomic E-state index is 0.0689. The number of carbonyl (C=O) groups is 2. The number of rotatable bonds is 2. The van der Waals surface area contributed by atoms with E-state index in [2.05, 4.69) is 5.32 Å². The first kappa shape index (κ1) is 22.7. The van der Waals surface area contributed by atoms with Crippen molar-refractivity contribution in [1.29, 1.82) is 5.26 Å². The van der Waals surface area contributed by atoms with Crippen LogP contribution in [0.3, 0.4) is 0 Å². The van der Waals surface area contributed by atoms with Gasteiger partial charge < -0.3 is 20.0 Å². The topological polar surface area (TPSA) is 79.7 Å². The van der Waals surface area contributed by atoms with E-state index in [4.69, 9.17) is 5.26 Å². The number of nitriles is 1. The van der Waals surface area contributed by atoms with Gasteiger partial charge in [0.15, 0.2) is 0 Å². The van der Waals surface area contributed by atoms with E-state index in [0.29, 0.717) is 44.7 Å². The van der Waals surface area contributed by atoms with Crippen LogP contribution in [0.2, 0.25) is 0 Å². The maximum atomic E-state index is 13.4. The SMILES string of the molecule is CNC(=O)N1CCC2(CC1)CN(c1ccc(C#N)c(C(F)(F)F)c1)CC2C(=O)N(C)C. The molecule has 31 heavy (non-hydrogen) atoms. The molecule has 0 aromatic heterocycles. The lowest BCUT2D eigenvalue weighted by Crippen LogP contribution is -2.51. The Morgan fingerprint density at radius 3 is 2.42 bits per heavy atom. The summed E-state index contributed by atoms with van der Waals surface area (Å²) in [5.74, 6) is -0.458. The Balaban J connectivity index is 1.92. The lowest BCUT2D eigenvalue weighted by molar-refractivity contribution is -0.138. The van der Waals surface area contributed by atoms with Crippen molar-refractivity contribution in [3.05, 3.63) is 29.3 Å². The van der Waals surface area contributed by atoms with Crippen LogP contribution in [0.25, 0.3) is 0 Å². The summed E-state index contributed by atoms with van der Waals surface area (Å²) in [6, 6.07) is 5.10. The van der Waals surface area contributed by atoms with Crippen LogP contribution in [-0.4, -0.2) is 69.1 Å². The first-order valence-corrected chi connectivity index (χ1v) is 10.1. The third-order valence-electron chi connectivity index (χ3n) is 6.44. The average Bonchev–Trinajstić information content (AvgIpc) is 3.10. The van der Waals surface area contributed by atoms with Gasteiger partial charge in [-0.3, -0.25) is 4.79 Å². The standard InChI is InChI=1S/C21H26F3N5O2/c1-26-19(31)28-8-6-20(7-9-28)13-29(12-17(20)18(30)27(2)3)15-5-4-14(11-25)16(10-15)21(22,23)24/h4-5,10,17H,6-9,12-13H2,1-3H3,(H,26,31). The number of amides is 3. The van der Waals surface area contributed by atoms with Crippen LogP contribution in [0.4, 0.5) is 23.7 Å². The Morgan fingerprint density at radius 2 is 1.90 bits per heavy atom. The van der Waals surface area contributed by atoms with Crippen molar-refractivity contribution < 1.29 is 22.8 Å². The van der Waals surface area contributed by atoms with Gasteiger partial charge in [0, 0.05) is 58.4 Å². The summed E-state index contributed by atoms with van der Waals surface area (Å²) in [5.41, 5.74) is -1.49. The highest BCUT2D eigenvalue weighted by molar-refractivity contribution is 5.81. The molecule has 10 heteroatoms. The van der Waals surface area contributed by atoms with Crippen LogP contribution in [0.15, 0.2) is 18.2 Å². The molecule has 1 unspecified atom stereocenters. The zero-order chi connectivity index (χ0) is 23.0. The molecule has 0 radical (unpaired) electrons. The predicted octanol–water partition coefficient (Wildman–Crippen LogP) is 2.52. The molecule has 168 valence electrons. The first-order valence-electron chi connectivity index (χ1n) is 10.1. The molecule has 1 atom stereocenters. The maximum absolute atomic E-state index is 13.4. The van der Waals surface area contributed by atoms with Crippen molar-refractivity contribution in [2.24, 2.45) is 11.3 Å². The van der Waals surface area contributed by atoms with E-state index in [1.54, 1.807) is 37.0 Å². The van der Waals surface area contributed by atoms with E-state index in [1.165, 1.54) is 17.0 Å². The number of benzene rings is 1. The Labute approximate surface area is 179 Å². The largest absolute Gasteiger partial charge is 0.417 e. The highest BCUT2D eigenvalue weighted by atomic mass is 19.4. The van der Waals surface area contributed by atoms with Crippen LogP contribution in [0.1, 0.15) is 24.0 Å². The zero-order valence-corrected chi connectivity index (χ0v) is 17.8. The molecule has 1 spiro atoms. The van der Waals surface area contributed by atoms with Gasteiger partial charge in [0.05, 0.1) is 23.1 Å². The molecule has 3 amide bonds. The number of carbonyl (C=O) groups excluding carboxylic acids is 2. The number of halogens is 3. The van der Waals surface area contributed by atoms with Crippen LogP contribution in [-0.2, 0) is 11.0 Å². The number of piperidine rings is 1. The number of nitrogens with one attached hydrogen (secondary N) is 1. The minimum atomic E-state index is -4.64. The molecular formula is C21H26F3N5O2. The number of nitrogens with zero attached hydrogens (tertiary/aromatic N) is 4. The lowest BCUT2D eigenvalue weighted by atomic mass is 9.70. The van der Waals surface area contributed by atoms with Crippen LogP contribution in [0.5, 0.6) is 0 Å². The first-order chi connectivity index (χ1) is 14.5. The predicted molar refractivity (Wildman–Crippen MR) is 108 cm³/mol. The number of anilines is 1. The molecule has 3 rings (SSSR count). The van der Waals surface area contributed by atoms with E-state index >= 15 is 0 Å². The van der Waals surface area contributed by atoms with Crippen molar-refractivity contribution in [2.75, 3.05) is 52.2 Å². The molecule has 1 aromatic rings. The van der Waals surface area contributed by atoms with Gasteiger partial charge in [-0.25, -0.2) is 4.79 Å². The molecule has 2 heterocycles. The third-order valence-corrected chi connectivity index (χ3v) is 6.44. The smallest absolute Gasteiger partial charge is 0.370 e. The Morgan fingerprint density at radius 1 is 1.26 bits per heavy atom. The van der Waals surface area contributed by atoms with E-state index in [0.717, 1.165) is 6.07 Å². The third kappa shape index (κ3) is 4.27. The Kier molecular flexibility index (Phi) is 6.07. The Bertz CT molecular complexity index is 901. The van der Waals surface area contributed by atoms with E-state index in [1.807, 2.05) is 0 Å². The number of urea groups is 1. The van der Waals surface area contributed by atoms with Crippen molar-refractivity contribution in [3.8, 4) is 6.07 Å². The fraction of sp³-hybridized carbons (Fsp3) is 0.571. The van der Waals surface area contributed by atoms with Gasteiger partial charge in [-0.05, 0) is 31.0 Å². The fourth-order valence-corrected chi connectivity index (χ4v) is 4.70. The van der Waals surface area contributed by atoms with Crippen molar-refractivity contribution in [1.82, 2.24) is 15.1 Å². The highest BCUT2D eigenvalue weighted by Gasteiger charge is 2.52. The molecule has 1 N–H and O–H groups in total. The van der Waals surface area contributed by atoms with Crippen LogP contribution >= 0.6 is 0 Å². The summed E-state index contributed by atoms with van der Waals surface area (Å²) < 4.78 is 40.3. The minimum Gasteiger partial charge on any atom is -0.370 e. The molecule has 0 bridgehead atoms. The summed E-state index contributed by atoms with van der Waals surface area (Å²) in [7, 11) is 4.90. The molecular weight excluding hydrogens is 411 g/mol. The fourth-order valence-electron chi connectivity index (χ4n) is 4.70. The monoisotopic (exact) mass is 437 g/mol. The van der Waals surface area contributed by atoms with Crippen LogP contribution < -0.4 is 10.2 Å². The highest BCUT2D eigenvalue weighted by Crippen LogP contribution is 2.47. The quantitative estimate of drug-likeness (QED) is 0.771. The van der Waals surface area contributed by atoms with E-state index in [9.17, 15) is 22.8 Å².